The topological polar surface area (TPSA) is 79.4 Å². The van der Waals surface area contributed by atoms with E-state index in [1.807, 2.05) is 6.92 Å². The maximum atomic E-state index is 12.9. The van der Waals surface area contributed by atoms with Crippen molar-refractivity contribution in [2.24, 2.45) is 0 Å². The van der Waals surface area contributed by atoms with Crippen LogP contribution in [0.3, 0.4) is 0 Å². The Bertz CT molecular complexity index is 759. The SMILES string of the molecule is CCN1CCN(C(=O)c2ccc(OC3CCN(C(=O)COC)CC3)cc2)[C@@H](C)C1=O. The van der Waals surface area contributed by atoms with Crippen LogP contribution in [-0.2, 0) is 14.3 Å². The molecule has 164 valence electrons. The third-order valence-electron chi connectivity index (χ3n) is 5.86. The van der Waals surface area contributed by atoms with Gasteiger partial charge in [-0.25, -0.2) is 0 Å². The van der Waals surface area contributed by atoms with Crippen molar-refractivity contribution in [1.29, 1.82) is 0 Å². The van der Waals surface area contributed by atoms with Crippen molar-refractivity contribution in [2.45, 2.75) is 38.8 Å². The number of carbonyl (C=O) groups is 3. The highest BCUT2D eigenvalue weighted by Crippen LogP contribution is 2.21. The van der Waals surface area contributed by atoms with Gasteiger partial charge < -0.3 is 24.2 Å². The first-order chi connectivity index (χ1) is 14.4. The molecule has 1 atom stereocenters. The van der Waals surface area contributed by atoms with Crippen molar-refractivity contribution in [2.75, 3.05) is 46.4 Å². The van der Waals surface area contributed by atoms with Crippen molar-refractivity contribution >= 4 is 17.7 Å². The number of amides is 3. The number of benzene rings is 1. The van der Waals surface area contributed by atoms with Gasteiger partial charge in [0.05, 0.1) is 0 Å². The first-order valence-electron chi connectivity index (χ1n) is 10.6. The molecule has 0 spiro atoms. The van der Waals surface area contributed by atoms with E-state index in [1.54, 1.807) is 45.9 Å². The van der Waals surface area contributed by atoms with Crippen LogP contribution in [0.4, 0.5) is 0 Å². The summed E-state index contributed by atoms with van der Waals surface area (Å²) in [5.74, 6) is 0.565. The fraction of sp³-hybridized carbons (Fsp3) is 0.591. The molecule has 1 aromatic rings. The summed E-state index contributed by atoms with van der Waals surface area (Å²) in [6.07, 6.45) is 1.56. The lowest BCUT2D eigenvalue weighted by Crippen LogP contribution is -2.57. The second-order valence-corrected chi connectivity index (χ2v) is 7.75. The first kappa shape index (κ1) is 22.1. The molecule has 3 amide bonds. The quantitative estimate of drug-likeness (QED) is 0.699. The van der Waals surface area contributed by atoms with Gasteiger partial charge in [-0.2, -0.15) is 0 Å². The minimum atomic E-state index is -0.451. The van der Waals surface area contributed by atoms with Gasteiger partial charge in [0.2, 0.25) is 11.8 Å². The summed E-state index contributed by atoms with van der Waals surface area (Å²) >= 11 is 0. The van der Waals surface area contributed by atoms with Gasteiger partial charge in [-0.3, -0.25) is 14.4 Å². The second kappa shape index (κ2) is 9.93. The molecule has 0 unspecified atom stereocenters. The van der Waals surface area contributed by atoms with Gasteiger partial charge in [0.25, 0.3) is 5.91 Å². The van der Waals surface area contributed by atoms with Gasteiger partial charge in [-0.1, -0.05) is 0 Å². The monoisotopic (exact) mass is 417 g/mol. The Hall–Kier alpha value is -2.61. The lowest BCUT2D eigenvalue weighted by molar-refractivity contribution is -0.139. The normalized spacial score (nSPS) is 20.4. The molecule has 3 rings (SSSR count). The molecule has 8 nitrogen and oxygen atoms in total. The van der Waals surface area contributed by atoms with E-state index in [1.165, 1.54) is 7.11 Å². The van der Waals surface area contributed by atoms with Crippen LogP contribution in [0.2, 0.25) is 0 Å². The predicted octanol–water partition coefficient (Wildman–Crippen LogP) is 1.40. The number of carbonyl (C=O) groups excluding carboxylic acids is 3. The smallest absolute Gasteiger partial charge is 0.254 e. The molecule has 8 heteroatoms. The molecule has 30 heavy (non-hydrogen) atoms. The zero-order valence-corrected chi connectivity index (χ0v) is 18.0. The molecule has 0 aliphatic carbocycles. The van der Waals surface area contributed by atoms with Gasteiger partial charge in [0.15, 0.2) is 0 Å². The minimum Gasteiger partial charge on any atom is -0.490 e. The van der Waals surface area contributed by atoms with Gasteiger partial charge >= 0.3 is 0 Å². The average Bonchev–Trinajstić information content (AvgIpc) is 2.76. The molecule has 0 N–H and O–H groups in total. The third-order valence-corrected chi connectivity index (χ3v) is 5.86. The average molecular weight is 418 g/mol. The number of piperazine rings is 1. The van der Waals surface area contributed by atoms with Crippen LogP contribution in [0.1, 0.15) is 37.0 Å². The molecule has 2 saturated heterocycles. The van der Waals surface area contributed by atoms with Crippen LogP contribution in [0.15, 0.2) is 24.3 Å². The summed E-state index contributed by atoms with van der Waals surface area (Å²) < 4.78 is 10.9. The zero-order valence-electron chi connectivity index (χ0n) is 18.0. The van der Waals surface area contributed by atoms with E-state index < -0.39 is 6.04 Å². The number of likely N-dealkylation sites (tertiary alicyclic amines) is 1. The summed E-state index contributed by atoms with van der Waals surface area (Å²) in [6.45, 7) is 6.91. The third kappa shape index (κ3) is 4.92. The molecule has 2 aliphatic heterocycles. The van der Waals surface area contributed by atoms with Crippen molar-refractivity contribution in [3.63, 3.8) is 0 Å². The second-order valence-electron chi connectivity index (χ2n) is 7.75. The summed E-state index contributed by atoms with van der Waals surface area (Å²) in [6, 6.07) is 6.64. The largest absolute Gasteiger partial charge is 0.490 e. The number of methoxy groups -OCH3 is 1. The summed E-state index contributed by atoms with van der Waals surface area (Å²) in [5, 5.41) is 0. The predicted molar refractivity (Wildman–Crippen MR) is 111 cm³/mol. The highest BCUT2D eigenvalue weighted by Gasteiger charge is 2.34. The fourth-order valence-electron chi connectivity index (χ4n) is 3.99. The van der Waals surface area contributed by atoms with Crippen LogP contribution in [-0.4, -0.2) is 91.0 Å². The molecule has 0 saturated carbocycles. The molecular weight excluding hydrogens is 386 g/mol. The number of hydrogen-bond donors (Lipinski definition) is 0. The number of nitrogens with zero attached hydrogens (tertiary/aromatic N) is 3. The molecule has 0 bridgehead atoms. The van der Waals surface area contributed by atoms with E-state index in [-0.39, 0.29) is 30.4 Å². The lowest BCUT2D eigenvalue weighted by atomic mass is 10.1. The Kier molecular flexibility index (Phi) is 7.31. The van der Waals surface area contributed by atoms with Crippen molar-refractivity contribution < 1.29 is 23.9 Å². The van der Waals surface area contributed by atoms with E-state index >= 15 is 0 Å². The summed E-state index contributed by atoms with van der Waals surface area (Å²) in [7, 11) is 1.52. The number of ether oxygens (including phenoxy) is 2. The highest BCUT2D eigenvalue weighted by molar-refractivity contribution is 5.98. The Labute approximate surface area is 177 Å². The van der Waals surface area contributed by atoms with Gasteiger partial charge in [0, 0.05) is 58.2 Å². The standard InChI is InChI=1S/C22H31N3O5/c1-4-23-13-14-25(16(2)21(23)27)22(28)17-5-7-18(8-6-17)30-19-9-11-24(12-10-19)20(26)15-29-3/h5-8,16,19H,4,9-15H2,1-3H3/t16-/m0/s1. The maximum Gasteiger partial charge on any atom is 0.254 e. The van der Waals surface area contributed by atoms with Crippen molar-refractivity contribution in [3.8, 4) is 5.75 Å². The zero-order chi connectivity index (χ0) is 21.7. The van der Waals surface area contributed by atoms with Crippen LogP contribution in [0.5, 0.6) is 5.75 Å². The Balaban J connectivity index is 1.54. The minimum absolute atomic E-state index is 0.00583. The maximum absolute atomic E-state index is 12.9. The number of rotatable bonds is 6. The van der Waals surface area contributed by atoms with Crippen LogP contribution in [0.25, 0.3) is 0 Å². The summed E-state index contributed by atoms with van der Waals surface area (Å²) in [5.41, 5.74) is 0.548. The molecule has 0 radical (unpaired) electrons. The van der Waals surface area contributed by atoms with E-state index in [9.17, 15) is 14.4 Å². The molecule has 2 heterocycles. The van der Waals surface area contributed by atoms with E-state index in [4.69, 9.17) is 9.47 Å². The first-order valence-corrected chi connectivity index (χ1v) is 10.6. The highest BCUT2D eigenvalue weighted by atomic mass is 16.5. The van der Waals surface area contributed by atoms with Gasteiger partial charge in [-0.15, -0.1) is 0 Å². The van der Waals surface area contributed by atoms with Gasteiger partial charge in [-0.05, 0) is 38.1 Å². The number of likely N-dealkylation sites (N-methyl/N-ethyl adjacent to an activating group) is 1. The Morgan fingerprint density at radius 2 is 1.73 bits per heavy atom. The Morgan fingerprint density at radius 1 is 1.07 bits per heavy atom. The fourth-order valence-corrected chi connectivity index (χ4v) is 3.99. The number of hydrogen-bond acceptors (Lipinski definition) is 5. The summed E-state index contributed by atoms with van der Waals surface area (Å²) in [4.78, 5) is 42.3. The van der Waals surface area contributed by atoms with Gasteiger partial charge in [0.1, 0.15) is 24.5 Å². The molecule has 2 fully saturated rings. The van der Waals surface area contributed by atoms with Crippen molar-refractivity contribution in [1.82, 2.24) is 14.7 Å². The molecule has 0 aromatic heterocycles. The molecule has 2 aliphatic rings. The lowest BCUT2D eigenvalue weighted by Gasteiger charge is -2.38. The number of piperidine rings is 1. The molecule has 1 aromatic carbocycles. The van der Waals surface area contributed by atoms with Crippen LogP contribution in [0, 0.1) is 0 Å². The van der Waals surface area contributed by atoms with E-state index in [0.717, 1.165) is 12.8 Å². The van der Waals surface area contributed by atoms with E-state index in [2.05, 4.69) is 0 Å². The van der Waals surface area contributed by atoms with Crippen molar-refractivity contribution in [3.05, 3.63) is 29.8 Å². The van der Waals surface area contributed by atoms with E-state index in [0.29, 0.717) is 44.0 Å². The van der Waals surface area contributed by atoms with Crippen LogP contribution < -0.4 is 4.74 Å². The van der Waals surface area contributed by atoms with Crippen LogP contribution >= 0.6 is 0 Å². The molecular formula is C22H31N3O5. The Morgan fingerprint density at radius 3 is 2.33 bits per heavy atom.